The molecule has 0 aromatic heterocycles. The third-order valence-electron chi connectivity index (χ3n) is 18.3. The van der Waals surface area contributed by atoms with Gasteiger partial charge in [-0.2, -0.15) is 0 Å². The van der Waals surface area contributed by atoms with Gasteiger partial charge in [0.1, 0.15) is 159 Å². The van der Waals surface area contributed by atoms with Gasteiger partial charge in [0, 0.05) is 40.5 Å². The second-order valence-corrected chi connectivity index (χ2v) is 25.9. The number of hydrogen-bond acceptors (Lipinski definition) is 41. The number of hydrogen-bond donors (Lipinski definition) is 29. The number of nitrogens with one attached hydrogen (secondary N) is 5. The average Bonchev–Trinajstić information content (AvgIpc) is 0.751. The molecular weight excluding hydrogens is 1450 g/mol. The van der Waals surface area contributed by atoms with E-state index in [9.17, 15) is 156 Å². The van der Waals surface area contributed by atoms with Crippen LogP contribution in [0.15, 0.2) is 0 Å². The van der Waals surface area contributed by atoms with E-state index < -0.39 is 333 Å². The molecular formula is C58H97N5O43. The summed E-state index contributed by atoms with van der Waals surface area (Å²) in [5.41, 5.74) is 0. The maximum Gasteiger partial charge on any atom is 0.364 e. The van der Waals surface area contributed by atoms with Crippen molar-refractivity contribution in [1.29, 1.82) is 0 Å². The van der Waals surface area contributed by atoms with Crippen molar-refractivity contribution in [2.75, 3.05) is 59.5 Å². The molecule has 0 aromatic rings. The third-order valence-corrected chi connectivity index (χ3v) is 18.3. The highest BCUT2D eigenvalue weighted by Crippen LogP contribution is 2.42. The van der Waals surface area contributed by atoms with Gasteiger partial charge in [-0.1, -0.05) is 0 Å². The predicted molar refractivity (Wildman–Crippen MR) is 328 cm³/mol. The van der Waals surface area contributed by atoms with E-state index >= 15 is 0 Å². The van der Waals surface area contributed by atoms with E-state index in [4.69, 9.17) is 56.8 Å². The maximum absolute atomic E-state index is 13.8. The van der Waals surface area contributed by atoms with Crippen molar-refractivity contribution < 1.29 is 213 Å². The lowest BCUT2D eigenvalue weighted by atomic mass is 9.87. The molecule has 6 aliphatic rings. The molecule has 48 nitrogen and oxygen atoms in total. The molecule has 5 amide bonds. The Bertz CT molecular complexity index is 2870. The highest BCUT2D eigenvalue weighted by molar-refractivity contribution is 5.79. The van der Waals surface area contributed by atoms with Crippen LogP contribution in [0.3, 0.4) is 0 Å². The molecule has 0 unspecified atom stereocenters. The molecule has 6 aliphatic heterocycles. The van der Waals surface area contributed by atoms with Crippen LogP contribution in [-0.4, -0.2) is 443 Å². The van der Waals surface area contributed by atoms with Gasteiger partial charge in [0.25, 0.3) is 11.6 Å². The van der Waals surface area contributed by atoms with Crippen molar-refractivity contribution in [3.63, 3.8) is 0 Å². The van der Waals surface area contributed by atoms with Crippen LogP contribution in [0.25, 0.3) is 0 Å². The van der Waals surface area contributed by atoms with E-state index in [1.165, 1.54) is 0 Å². The minimum atomic E-state index is -3.51. The molecule has 36 atom stereocenters. The van der Waals surface area contributed by atoms with E-state index in [1.807, 2.05) is 0 Å². The Morgan fingerprint density at radius 3 is 1.39 bits per heavy atom. The lowest BCUT2D eigenvalue weighted by Crippen LogP contribution is -2.74. The normalized spacial score (nSPS) is 40.2. The fraction of sp³-hybridized carbons (Fsp3) is 0.879. The first-order valence-electron chi connectivity index (χ1n) is 32.9. The summed E-state index contributed by atoms with van der Waals surface area (Å²) >= 11 is 0. The molecule has 6 saturated heterocycles. The summed E-state index contributed by atoms with van der Waals surface area (Å²) in [5, 5.41) is 273. The fourth-order valence-electron chi connectivity index (χ4n) is 12.9. The third kappa shape index (κ3) is 20.7. The molecule has 0 aromatic carbocycles. The van der Waals surface area contributed by atoms with Crippen molar-refractivity contribution in [3.05, 3.63) is 0 Å². The van der Waals surface area contributed by atoms with Crippen LogP contribution in [-0.2, 0) is 90.4 Å². The van der Waals surface area contributed by atoms with Crippen LogP contribution < -0.4 is 26.6 Å². The van der Waals surface area contributed by atoms with E-state index in [2.05, 4.69) is 26.6 Å². The molecule has 29 N–H and O–H groups in total. The number of aliphatic carboxylic acids is 2. The number of aliphatic hydroxyl groups is 22. The largest absolute Gasteiger partial charge is 0.477 e. The van der Waals surface area contributed by atoms with Crippen molar-refractivity contribution in [2.45, 2.75) is 260 Å². The molecule has 0 bridgehead atoms. The molecule has 6 rings (SSSR count). The molecule has 6 heterocycles. The number of ether oxygens (including phenoxy) is 12. The van der Waals surface area contributed by atoms with Gasteiger partial charge in [-0.05, 0) is 0 Å². The lowest BCUT2D eigenvalue weighted by Gasteiger charge is -2.53. The first kappa shape index (κ1) is 89.8. The zero-order valence-electron chi connectivity index (χ0n) is 56.9. The molecule has 0 saturated carbocycles. The van der Waals surface area contributed by atoms with Crippen molar-refractivity contribution in [3.8, 4) is 0 Å². The minimum Gasteiger partial charge on any atom is -0.477 e. The molecule has 6 fully saturated rings. The minimum absolute atomic E-state index is 0.817. The summed E-state index contributed by atoms with van der Waals surface area (Å²) < 4.78 is 70.3. The van der Waals surface area contributed by atoms with Crippen LogP contribution in [0.5, 0.6) is 0 Å². The van der Waals surface area contributed by atoms with Crippen LogP contribution in [0.4, 0.5) is 0 Å². The smallest absolute Gasteiger partial charge is 0.364 e. The van der Waals surface area contributed by atoms with Gasteiger partial charge in [-0.15, -0.1) is 0 Å². The summed E-state index contributed by atoms with van der Waals surface area (Å²) in [4.78, 5) is 89.8. The summed E-state index contributed by atoms with van der Waals surface area (Å²) in [6.07, 6.45) is -68.4. The summed E-state index contributed by atoms with van der Waals surface area (Å²) in [6.45, 7) is -7.73. The molecule has 106 heavy (non-hydrogen) atoms. The predicted octanol–water partition coefficient (Wildman–Crippen LogP) is -18.5. The topological polar surface area (TPSA) is 776 Å². The van der Waals surface area contributed by atoms with Crippen LogP contribution in [0.1, 0.15) is 40.5 Å². The lowest BCUT2D eigenvalue weighted by molar-refractivity contribution is -0.394. The van der Waals surface area contributed by atoms with Gasteiger partial charge in [-0.25, -0.2) is 9.59 Å². The second-order valence-electron chi connectivity index (χ2n) is 25.9. The Hall–Kier alpha value is -5.07. The summed E-state index contributed by atoms with van der Waals surface area (Å²) in [7, 11) is 0. The Labute approximate surface area is 599 Å². The zero-order chi connectivity index (χ0) is 79.5. The Morgan fingerprint density at radius 1 is 0.443 bits per heavy atom. The maximum atomic E-state index is 13.8. The number of carbonyl (C=O) groups is 7. The van der Waals surface area contributed by atoms with E-state index in [0.717, 1.165) is 27.7 Å². The number of rotatable bonds is 35. The van der Waals surface area contributed by atoms with E-state index in [-0.39, 0.29) is 0 Å². The average molecular weight is 1550 g/mol. The van der Waals surface area contributed by atoms with Crippen LogP contribution in [0.2, 0.25) is 0 Å². The van der Waals surface area contributed by atoms with Crippen LogP contribution in [0, 0.1) is 0 Å². The molecule has 0 aliphatic carbocycles. The number of carboxylic acids is 2. The molecule has 0 radical (unpaired) electrons. The SMILES string of the molecule is CC(=O)N[C@H]1[C@H](O[C@@H]2[C@H](O[C@]3(C(=O)O)C[C@H](O)[C@@H](NC(=O)CO)[C@H]([C@H](O)[C@H](O)CO)O3)[C@@H](NC(C)=O)[C@H](O[C@H]3[C@@H](O)[C@@H](CO)O[C@@H](O[C@@H]4[C@H](O)[C@@H](O)[C@H](O[C@@H]([C@@H](O)[C@H](O)CO[C@]5(C(=O)O)C[C@H](O)[C@@H](NC(C)=O)[C@H]([C@H](O)[C@H](O)CO)O5)[C@H](CO)NC(C)=O)O[C@@H]4CO)[C@@H]3O)O[C@@H]2CO)O[C@H](CO)[C@H](O)[C@@H]1O. The monoisotopic (exact) mass is 1550 g/mol. The molecule has 612 valence electrons. The summed E-state index contributed by atoms with van der Waals surface area (Å²) in [5.74, 6) is -16.1. The quantitative estimate of drug-likeness (QED) is 0.0280. The molecule has 48 heteroatoms. The highest BCUT2D eigenvalue weighted by atomic mass is 16.8. The fourth-order valence-corrected chi connectivity index (χ4v) is 12.9. The van der Waals surface area contributed by atoms with Gasteiger partial charge in [0.05, 0.1) is 83.2 Å². The van der Waals surface area contributed by atoms with E-state index in [1.54, 1.807) is 0 Å². The van der Waals surface area contributed by atoms with E-state index in [0.29, 0.717) is 0 Å². The zero-order valence-corrected chi connectivity index (χ0v) is 56.9. The van der Waals surface area contributed by atoms with Gasteiger partial charge in [0.15, 0.2) is 25.2 Å². The standard InChI is InChI=1S/C58H97N5O43/c1-16(72)59-20(7-64)44(37(84)25(80)15-95-57(55(91)92)5-21(76)31(60-17(2)73)47(104-57)35(82)23(78)8-65)100-53-42(89)41(88)45(28(12-69)99-53)101-54-43(90)50(39(86)27(11-68)97-54)103-52-34(62-19(4)75)49(46(29(13-70)98-52)102-51-33(61-18(3)74)40(87)38(85)26(10-67)96-51)106-58(56(93)94)6-22(77)32(63-30(81)14-71)48(105-58)36(83)24(79)9-66/h20-29,31-54,64-71,76-80,82-90H,5-15H2,1-4H3,(H,59,72)(H,60,73)(H,61,74)(H,62,75)(H,63,81)(H,91,92)(H,93,94)/t20-,21-,22-,23+,24+,25+,26+,27+,28+,29+,31+,32+,33+,34+,35+,36+,37-,38-,39-,40+,41+,42+,43+,44+,45-,46-,47+,48+,49+,50-,51-,52-,53-,54-,57+,58-/m0/s1. The highest BCUT2D eigenvalue weighted by Gasteiger charge is 2.64. The van der Waals surface area contributed by atoms with Crippen LogP contribution >= 0.6 is 0 Å². The van der Waals surface area contributed by atoms with Crippen molar-refractivity contribution in [2.24, 2.45) is 0 Å². The van der Waals surface area contributed by atoms with Gasteiger partial charge < -0.3 is 206 Å². The van der Waals surface area contributed by atoms with Gasteiger partial charge >= 0.3 is 11.9 Å². The number of aliphatic hydroxyl groups excluding tert-OH is 22. The van der Waals surface area contributed by atoms with Gasteiger partial charge in [0.2, 0.25) is 29.5 Å². The van der Waals surface area contributed by atoms with Crippen molar-refractivity contribution in [1.82, 2.24) is 26.6 Å². The first-order chi connectivity index (χ1) is 49.8. The van der Waals surface area contributed by atoms with Crippen molar-refractivity contribution >= 4 is 41.5 Å². The Balaban J connectivity index is 1.34. The van der Waals surface area contributed by atoms with Gasteiger partial charge in [-0.3, -0.25) is 24.0 Å². The Kier molecular flexibility index (Phi) is 33.2. The number of amides is 5. The second kappa shape index (κ2) is 39.2. The number of carboxylic acid groups (broad SMARTS) is 2. The number of carbonyl (C=O) groups excluding carboxylic acids is 5. The first-order valence-corrected chi connectivity index (χ1v) is 32.9. The Morgan fingerprint density at radius 2 is 0.887 bits per heavy atom. The summed E-state index contributed by atoms with van der Waals surface area (Å²) in [6, 6.07) is -9.72. The molecule has 0 spiro atoms.